The molecule has 0 aliphatic heterocycles. The summed E-state index contributed by atoms with van der Waals surface area (Å²) in [5.41, 5.74) is 4.59. The van der Waals surface area contributed by atoms with Crippen LogP contribution in [0.25, 0.3) is 35.2 Å². The highest BCUT2D eigenvalue weighted by Gasteiger charge is 2.13. The number of anilines is 1. The van der Waals surface area contributed by atoms with Crippen molar-refractivity contribution < 1.29 is 22.3 Å². The van der Waals surface area contributed by atoms with Gasteiger partial charge in [0.05, 0.1) is 22.6 Å². The molecule has 0 N–H and O–H groups in total. The standard InChI is InChI=1S/C36H44N2O4S2/c1-4-6-23-37(24-7-5-2)31-14-10-29(11-15-31)12-17-33-19-20-34(43-33)18-13-30-22-26-38(25-8-9-27-44(39,40)41)36-21-16-32(42-3)28-35(30)36/h10-22,26,28H,4-9,23-25,27H2,1-3H3. The zero-order chi connectivity index (χ0) is 31.4. The molecule has 0 unspecified atom stereocenters. The van der Waals surface area contributed by atoms with Crippen LogP contribution >= 0.6 is 11.3 Å². The molecule has 4 aromatic rings. The fourth-order valence-electron chi connectivity index (χ4n) is 5.13. The van der Waals surface area contributed by atoms with Gasteiger partial charge in [-0.05, 0) is 78.9 Å². The minimum Gasteiger partial charge on any atom is -0.748 e. The normalized spacial score (nSPS) is 12.1. The summed E-state index contributed by atoms with van der Waals surface area (Å²) in [4.78, 5) is 4.86. The van der Waals surface area contributed by atoms with Gasteiger partial charge >= 0.3 is 0 Å². The van der Waals surface area contributed by atoms with Crippen LogP contribution in [0.2, 0.25) is 0 Å². The first-order valence-electron chi connectivity index (χ1n) is 15.5. The number of hydrogen-bond donors (Lipinski definition) is 0. The Kier molecular flexibility index (Phi) is 12.6. The minimum absolute atomic E-state index is 0.332. The summed E-state index contributed by atoms with van der Waals surface area (Å²) in [6.07, 6.45) is 16.4. The molecule has 0 radical (unpaired) electrons. The largest absolute Gasteiger partial charge is 0.748 e. The number of benzene rings is 2. The Labute approximate surface area is 267 Å². The van der Waals surface area contributed by atoms with Crippen molar-refractivity contribution in [3.8, 4) is 5.75 Å². The van der Waals surface area contributed by atoms with Crippen LogP contribution in [-0.4, -0.2) is 38.9 Å². The molecule has 0 amide bonds. The molecule has 0 bridgehead atoms. The Bertz CT molecular complexity index is 1650. The highest BCUT2D eigenvalue weighted by Crippen LogP contribution is 2.26. The predicted octanol–water partition coefficient (Wildman–Crippen LogP) is 8.27. The number of nitrogens with zero attached hydrogens (tertiary/aromatic N) is 2. The fraction of sp³-hybridized carbons (Fsp3) is 0.361. The number of ether oxygens (including phenoxy) is 1. The number of methoxy groups -OCH3 is 1. The van der Waals surface area contributed by atoms with Gasteiger partial charge < -0.3 is 14.2 Å². The van der Waals surface area contributed by atoms with E-state index >= 15 is 0 Å². The summed E-state index contributed by atoms with van der Waals surface area (Å²) in [6, 6.07) is 21.2. The summed E-state index contributed by atoms with van der Waals surface area (Å²) in [7, 11) is -2.53. The van der Waals surface area contributed by atoms with E-state index in [0.717, 1.165) is 40.2 Å². The van der Waals surface area contributed by atoms with Gasteiger partial charge in [0.2, 0.25) is 5.52 Å². The SMILES string of the molecule is CCCCN(CCCC)c1ccc(/C=C/c2ccc(/C=C/c3cc[n+](CCCCS(=O)(=O)[O-])c4ccc(OC)cc34)s2)cc1. The topological polar surface area (TPSA) is 73.6 Å². The quantitative estimate of drug-likeness (QED) is 0.0666. The molecule has 2 aromatic heterocycles. The zero-order valence-corrected chi connectivity index (χ0v) is 27.7. The van der Waals surface area contributed by atoms with Crippen LogP contribution in [0.3, 0.4) is 0 Å². The molecular weight excluding hydrogens is 589 g/mol. The molecule has 0 aliphatic rings. The maximum absolute atomic E-state index is 11.0. The number of unbranched alkanes of at least 4 members (excludes halogenated alkanes) is 3. The lowest BCUT2D eigenvalue weighted by molar-refractivity contribution is -0.671. The van der Waals surface area contributed by atoms with Gasteiger partial charge in [-0.2, -0.15) is 4.57 Å². The molecule has 0 spiro atoms. The van der Waals surface area contributed by atoms with E-state index in [2.05, 4.69) is 90.1 Å². The van der Waals surface area contributed by atoms with Gasteiger partial charge in [0, 0.05) is 52.8 Å². The van der Waals surface area contributed by atoms with Crippen LogP contribution in [0, 0.1) is 0 Å². The number of aryl methyl sites for hydroxylation is 1. The molecule has 2 aromatic carbocycles. The lowest BCUT2D eigenvalue weighted by Gasteiger charge is -2.24. The van der Waals surface area contributed by atoms with E-state index in [1.54, 1.807) is 18.4 Å². The highest BCUT2D eigenvalue weighted by atomic mass is 32.2. The first-order valence-corrected chi connectivity index (χ1v) is 17.9. The maximum Gasteiger partial charge on any atom is 0.213 e. The predicted molar refractivity (Wildman–Crippen MR) is 185 cm³/mol. The van der Waals surface area contributed by atoms with Crippen LogP contribution in [0.1, 0.15) is 73.3 Å². The van der Waals surface area contributed by atoms with E-state index < -0.39 is 10.1 Å². The van der Waals surface area contributed by atoms with Crippen molar-refractivity contribution in [2.45, 2.75) is 58.9 Å². The third kappa shape index (κ3) is 10.0. The van der Waals surface area contributed by atoms with Crippen LogP contribution in [0.4, 0.5) is 5.69 Å². The Morgan fingerprint density at radius 2 is 1.52 bits per heavy atom. The molecule has 0 saturated heterocycles. The average Bonchev–Trinajstić information content (AvgIpc) is 3.49. The van der Waals surface area contributed by atoms with Gasteiger partial charge in [-0.1, -0.05) is 51.0 Å². The summed E-state index contributed by atoms with van der Waals surface area (Å²) in [5.74, 6) is 0.440. The first kappa shape index (κ1) is 33.4. The summed E-state index contributed by atoms with van der Waals surface area (Å²) in [6.45, 7) is 7.34. The van der Waals surface area contributed by atoms with Gasteiger partial charge in [-0.25, -0.2) is 8.42 Å². The molecule has 234 valence electrons. The number of thiophene rings is 1. The highest BCUT2D eigenvalue weighted by molar-refractivity contribution is 7.85. The molecule has 0 atom stereocenters. The third-order valence-electron chi connectivity index (χ3n) is 7.64. The number of hydrogen-bond acceptors (Lipinski definition) is 6. The minimum atomic E-state index is -4.19. The number of pyridine rings is 1. The van der Waals surface area contributed by atoms with Crippen molar-refractivity contribution in [2.75, 3.05) is 30.9 Å². The van der Waals surface area contributed by atoms with Crippen LogP contribution in [0.5, 0.6) is 5.75 Å². The molecule has 6 nitrogen and oxygen atoms in total. The van der Waals surface area contributed by atoms with Gasteiger partial charge in [-0.3, -0.25) is 0 Å². The third-order valence-corrected chi connectivity index (χ3v) is 9.44. The van der Waals surface area contributed by atoms with E-state index in [-0.39, 0.29) is 5.75 Å². The lowest BCUT2D eigenvalue weighted by Crippen LogP contribution is -2.34. The van der Waals surface area contributed by atoms with Crippen LogP contribution < -0.4 is 14.2 Å². The van der Waals surface area contributed by atoms with E-state index in [9.17, 15) is 13.0 Å². The number of fused-ring (bicyclic) bond motifs is 1. The number of aromatic nitrogens is 1. The molecule has 8 heteroatoms. The smallest absolute Gasteiger partial charge is 0.213 e. The monoisotopic (exact) mass is 632 g/mol. The second-order valence-corrected chi connectivity index (χ2v) is 13.7. The van der Waals surface area contributed by atoms with Crippen molar-refractivity contribution in [2.24, 2.45) is 0 Å². The summed E-state index contributed by atoms with van der Waals surface area (Å²) >= 11 is 1.74. The molecular formula is C36H44N2O4S2. The lowest BCUT2D eigenvalue weighted by atomic mass is 10.1. The van der Waals surface area contributed by atoms with E-state index in [1.807, 2.05) is 24.4 Å². The Morgan fingerprint density at radius 3 is 2.16 bits per heavy atom. The van der Waals surface area contributed by atoms with E-state index in [4.69, 9.17) is 4.74 Å². The Hall–Kier alpha value is -3.46. The average molecular weight is 633 g/mol. The van der Waals surface area contributed by atoms with Crippen molar-refractivity contribution >= 4 is 62.3 Å². The maximum atomic E-state index is 11.0. The van der Waals surface area contributed by atoms with Gasteiger partial charge in [0.1, 0.15) is 12.3 Å². The number of rotatable bonds is 17. The Morgan fingerprint density at radius 1 is 0.841 bits per heavy atom. The molecule has 2 heterocycles. The van der Waals surface area contributed by atoms with Gasteiger partial charge in [0.25, 0.3) is 0 Å². The van der Waals surface area contributed by atoms with E-state index in [0.29, 0.717) is 19.4 Å². The zero-order valence-electron chi connectivity index (χ0n) is 26.1. The molecule has 0 aliphatic carbocycles. The first-order chi connectivity index (χ1) is 21.3. The summed E-state index contributed by atoms with van der Waals surface area (Å²) in [5, 5.41) is 1.04. The van der Waals surface area contributed by atoms with E-state index in [1.165, 1.54) is 41.8 Å². The second-order valence-electron chi connectivity index (χ2n) is 11.0. The van der Waals surface area contributed by atoms with Crippen molar-refractivity contribution in [1.29, 1.82) is 0 Å². The molecule has 44 heavy (non-hydrogen) atoms. The fourth-order valence-corrected chi connectivity index (χ4v) is 6.50. The van der Waals surface area contributed by atoms with Crippen molar-refractivity contribution in [1.82, 2.24) is 0 Å². The Balaban J connectivity index is 1.44. The van der Waals surface area contributed by atoms with Crippen molar-refractivity contribution in [3.05, 3.63) is 87.7 Å². The van der Waals surface area contributed by atoms with Gasteiger partial charge in [-0.15, -0.1) is 11.3 Å². The van der Waals surface area contributed by atoms with Crippen LogP contribution in [0.15, 0.2) is 66.9 Å². The second kappa shape index (κ2) is 16.6. The van der Waals surface area contributed by atoms with Crippen LogP contribution in [-0.2, 0) is 16.7 Å². The molecule has 4 rings (SSSR count). The molecule has 0 fully saturated rings. The summed E-state index contributed by atoms with van der Waals surface area (Å²) < 4.78 is 40.5. The molecule has 0 saturated carbocycles. The van der Waals surface area contributed by atoms with Crippen molar-refractivity contribution in [3.63, 3.8) is 0 Å². The van der Waals surface area contributed by atoms with Gasteiger partial charge in [0.15, 0.2) is 6.20 Å².